The second-order valence-electron chi connectivity index (χ2n) is 6.22. The Kier molecular flexibility index (Phi) is 6.37. The van der Waals surface area contributed by atoms with Gasteiger partial charge in [0.05, 0.1) is 17.8 Å². The molecule has 0 saturated carbocycles. The fourth-order valence-corrected chi connectivity index (χ4v) is 2.61. The van der Waals surface area contributed by atoms with Crippen LogP contribution in [0.4, 0.5) is 4.79 Å². The topological polar surface area (TPSA) is 79.2 Å². The lowest BCUT2D eigenvalue weighted by atomic mass is 9.98. The van der Waals surface area contributed by atoms with E-state index in [0.717, 1.165) is 30.5 Å². The van der Waals surface area contributed by atoms with Gasteiger partial charge in [0, 0.05) is 18.9 Å². The van der Waals surface area contributed by atoms with Crippen molar-refractivity contribution in [3.63, 3.8) is 0 Å². The van der Waals surface area contributed by atoms with Crippen LogP contribution in [0.1, 0.15) is 32.3 Å². The smallest absolute Gasteiger partial charge is 0.315 e. The molecule has 1 aromatic heterocycles. The first-order valence-electron chi connectivity index (χ1n) is 8.32. The molecule has 1 heterocycles. The number of benzene rings is 1. The first-order valence-corrected chi connectivity index (χ1v) is 8.32. The van der Waals surface area contributed by atoms with Crippen molar-refractivity contribution in [3.8, 4) is 5.69 Å². The van der Waals surface area contributed by atoms with E-state index in [1.807, 2.05) is 50.4 Å². The van der Waals surface area contributed by atoms with E-state index >= 15 is 0 Å². The summed E-state index contributed by atoms with van der Waals surface area (Å²) in [5.74, 6) is 0. The summed E-state index contributed by atoms with van der Waals surface area (Å²) in [6.07, 6.45) is 6.03. The number of amides is 2. The molecule has 2 amide bonds. The summed E-state index contributed by atoms with van der Waals surface area (Å²) in [6, 6.07) is 9.72. The Bertz CT molecular complexity index is 625. The van der Waals surface area contributed by atoms with Gasteiger partial charge in [0.2, 0.25) is 0 Å². The molecule has 0 fully saturated rings. The van der Waals surface area contributed by atoms with Gasteiger partial charge in [-0.3, -0.25) is 0 Å². The maximum atomic E-state index is 11.9. The van der Waals surface area contributed by atoms with Crippen molar-refractivity contribution in [2.75, 3.05) is 13.2 Å². The van der Waals surface area contributed by atoms with Crippen LogP contribution in [-0.4, -0.2) is 39.6 Å². The fourth-order valence-electron chi connectivity index (χ4n) is 2.61. The molecule has 24 heavy (non-hydrogen) atoms. The third-order valence-electron chi connectivity index (χ3n) is 3.97. The summed E-state index contributed by atoms with van der Waals surface area (Å²) in [4.78, 5) is 11.9. The summed E-state index contributed by atoms with van der Waals surface area (Å²) < 4.78 is 1.80. The molecule has 6 heteroatoms. The molecule has 1 unspecified atom stereocenters. The van der Waals surface area contributed by atoms with Gasteiger partial charge in [-0.2, -0.15) is 5.10 Å². The van der Waals surface area contributed by atoms with Crippen LogP contribution in [0.3, 0.4) is 0 Å². The zero-order valence-electron chi connectivity index (χ0n) is 14.3. The molecule has 130 valence electrons. The van der Waals surface area contributed by atoms with Crippen LogP contribution in [0.5, 0.6) is 0 Å². The number of aliphatic hydroxyl groups excluding tert-OH is 1. The molecular weight excluding hydrogens is 304 g/mol. The lowest BCUT2D eigenvalue weighted by Crippen LogP contribution is -2.52. The Morgan fingerprint density at radius 3 is 2.67 bits per heavy atom. The van der Waals surface area contributed by atoms with Gasteiger partial charge in [0.15, 0.2) is 0 Å². The van der Waals surface area contributed by atoms with Gasteiger partial charge in [0.1, 0.15) is 0 Å². The van der Waals surface area contributed by atoms with Gasteiger partial charge in [-0.1, -0.05) is 25.5 Å². The van der Waals surface area contributed by atoms with E-state index in [4.69, 9.17) is 0 Å². The molecule has 2 aromatic rings. The van der Waals surface area contributed by atoms with E-state index in [1.165, 1.54) is 0 Å². The molecule has 0 aliphatic carbocycles. The average Bonchev–Trinajstić information content (AvgIpc) is 3.10. The Hall–Kier alpha value is -2.34. The highest BCUT2D eigenvalue weighted by atomic mass is 16.3. The minimum atomic E-state index is -0.565. The molecule has 1 aromatic carbocycles. The molecule has 0 aliphatic heterocycles. The fraction of sp³-hybridized carbons (Fsp3) is 0.444. The highest BCUT2D eigenvalue weighted by Gasteiger charge is 2.24. The second-order valence-corrected chi connectivity index (χ2v) is 6.22. The zero-order valence-corrected chi connectivity index (χ0v) is 14.3. The average molecular weight is 330 g/mol. The monoisotopic (exact) mass is 330 g/mol. The highest BCUT2D eigenvalue weighted by molar-refractivity contribution is 5.74. The number of rotatable bonds is 8. The lowest BCUT2D eigenvalue weighted by Gasteiger charge is -2.28. The van der Waals surface area contributed by atoms with E-state index < -0.39 is 5.54 Å². The molecule has 3 N–H and O–H groups in total. The van der Waals surface area contributed by atoms with Crippen LogP contribution in [0, 0.1) is 0 Å². The van der Waals surface area contributed by atoms with E-state index in [2.05, 4.69) is 15.7 Å². The second kappa shape index (κ2) is 8.49. The number of nitrogens with one attached hydrogen (secondary N) is 2. The van der Waals surface area contributed by atoms with Crippen LogP contribution in [0.15, 0.2) is 42.7 Å². The van der Waals surface area contributed by atoms with Crippen LogP contribution < -0.4 is 10.6 Å². The molecule has 0 radical (unpaired) electrons. The van der Waals surface area contributed by atoms with Crippen molar-refractivity contribution in [3.05, 3.63) is 48.3 Å². The van der Waals surface area contributed by atoms with Gasteiger partial charge in [0.25, 0.3) is 0 Å². The Labute approximate surface area is 142 Å². The minimum Gasteiger partial charge on any atom is -0.394 e. The van der Waals surface area contributed by atoms with E-state index in [1.54, 1.807) is 10.9 Å². The third-order valence-corrected chi connectivity index (χ3v) is 3.97. The molecule has 1 atom stereocenters. The van der Waals surface area contributed by atoms with Crippen molar-refractivity contribution in [1.82, 2.24) is 20.4 Å². The Balaban J connectivity index is 1.78. The third kappa shape index (κ3) is 5.09. The number of nitrogens with zero attached hydrogens (tertiary/aromatic N) is 2. The standard InChI is InChI=1S/C18H26N4O2/c1-3-10-18(2,14-23)21-17(24)19-12-9-15-5-7-16(8-6-15)22-13-4-11-20-22/h4-8,11,13,23H,3,9-10,12,14H2,1-2H3,(H2,19,21,24). The van der Waals surface area contributed by atoms with Gasteiger partial charge in [-0.15, -0.1) is 0 Å². The summed E-state index contributed by atoms with van der Waals surface area (Å²) >= 11 is 0. The van der Waals surface area contributed by atoms with Gasteiger partial charge in [-0.25, -0.2) is 9.48 Å². The number of carbonyl (C=O) groups is 1. The maximum Gasteiger partial charge on any atom is 0.315 e. The number of hydrogen-bond acceptors (Lipinski definition) is 3. The molecule has 2 rings (SSSR count). The Morgan fingerprint density at radius 2 is 2.08 bits per heavy atom. The van der Waals surface area contributed by atoms with Crippen molar-refractivity contribution >= 4 is 6.03 Å². The molecule has 6 nitrogen and oxygen atoms in total. The summed E-state index contributed by atoms with van der Waals surface area (Å²) in [6.45, 7) is 4.36. The molecule has 0 aliphatic rings. The molecular formula is C18H26N4O2. The van der Waals surface area contributed by atoms with Crippen molar-refractivity contribution in [2.24, 2.45) is 0 Å². The van der Waals surface area contributed by atoms with Gasteiger partial charge < -0.3 is 15.7 Å². The van der Waals surface area contributed by atoms with Crippen molar-refractivity contribution < 1.29 is 9.90 Å². The lowest BCUT2D eigenvalue weighted by molar-refractivity contribution is 0.163. The number of urea groups is 1. The van der Waals surface area contributed by atoms with Gasteiger partial charge in [-0.05, 0) is 43.5 Å². The largest absolute Gasteiger partial charge is 0.394 e. The number of carbonyl (C=O) groups excluding carboxylic acids is 1. The Morgan fingerprint density at radius 1 is 1.33 bits per heavy atom. The normalized spacial score (nSPS) is 13.3. The number of hydrogen-bond donors (Lipinski definition) is 3. The maximum absolute atomic E-state index is 11.9. The van der Waals surface area contributed by atoms with Crippen molar-refractivity contribution in [2.45, 2.75) is 38.6 Å². The van der Waals surface area contributed by atoms with E-state index in [-0.39, 0.29) is 12.6 Å². The van der Waals surface area contributed by atoms with E-state index in [0.29, 0.717) is 6.54 Å². The van der Waals surface area contributed by atoms with E-state index in [9.17, 15) is 9.90 Å². The molecule has 0 saturated heterocycles. The number of aliphatic hydroxyl groups is 1. The summed E-state index contributed by atoms with van der Waals surface area (Å²) in [5, 5.41) is 19.3. The molecule has 0 spiro atoms. The summed E-state index contributed by atoms with van der Waals surface area (Å²) in [7, 11) is 0. The quantitative estimate of drug-likeness (QED) is 0.695. The zero-order chi connectivity index (χ0) is 17.4. The minimum absolute atomic E-state index is 0.0663. The number of aromatic nitrogens is 2. The van der Waals surface area contributed by atoms with Crippen LogP contribution in [-0.2, 0) is 6.42 Å². The predicted molar refractivity (Wildman–Crippen MR) is 94.2 cm³/mol. The molecule has 0 bridgehead atoms. The first-order chi connectivity index (χ1) is 11.6. The first kappa shape index (κ1) is 18.0. The van der Waals surface area contributed by atoms with Crippen LogP contribution >= 0.6 is 0 Å². The predicted octanol–water partition coefficient (Wildman–Crippen LogP) is 2.27. The SMILES string of the molecule is CCCC(C)(CO)NC(=O)NCCc1ccc(-n2cccn2)cc1. The summed E-state index contributed by atoms with van der Waals surface area (Å²) in [5.41, 5.74) is 1.59. The van der Waals surface area contributed by atoms with Crippen LogP contribution in [0.2, 0.25) is 0 Å². The highest BCUT2D eigenvalue weighted by Crippen LogP contribution is 2.11. The van der Waals surface area contributed by atoms with Crippen LogP contribution in [0.25, 0.3) is 5.69 Å². The van der Waals surface area contributed by atoms with Gasteiger partial charge >= 0.3 is 6.03 Å². The van der Waals surface area contributed by atoms with Crippen molar-refractivity contribution in [1.29, 1.82) is 0 Å².